The minimum absolute atomic E-state index is 0.121. The fourth-order valence-corrected chi connectivity index (χ4v) is 1.16. The summed E-state index contributed by atoms with van der Waals surface area (Å²) in [5, 5.41) is 2.86. The number of carbonyl (C=O) groups is 1. The van der Waals surface area contributed by atoms with Gasteiger partial charge in [0.1, 0.15) is 0 Å². The molecular weight excluding hydrogens is 150 g/mol. The van der Waals surface area contributed by atoms with E-state index in [0.29, 0.717) is 6.42 Å². The van der Waals surface area contributed by atoms with Crippen molar-refractivity contribution in [3.63, 3.8) is 0 Å². The lowest BCUT2D eigenvalue weighted by molar-refractivity contribution is -0.120. The molecule has 1 aliphatic rings. The van der Waals surface area contributed by atoms with Gasteiger partial charge in [-0.05, 0) is 25.3 Å². The van der Waals surface area contributed by atoms with Gasteiger partial charge in [0, 0.05) is 12.1 Å². The third-order valence-corrected chi connectivity index (χ3v) is 1.76. The predicted octanol–water partition coefficient (Wildman–Crippen LogP) is 2.14. The van der Waals surface area contributed by atoms with Gasteiger partial charge >= 0.3 is 0 Å². The molecule has 66 valence electrons. The van der Waals surface area contributed by atoms with Crippen molar-refractivity contribution in [2.75, 3.05) is 0 Å². The Kier molecular flexibility index (Phi) is 3.58. The average Bonchev–Trinajstić information content (AvgIpc) is 2.06. The highest BCUT2D eigenvalue weighted by Gasteiger charge is 2.01. The van der Waals surface area contributed by atoms with Gasteiger partial charge in [-0.15, -0.1) is 0 Å². The van der Waals surface area contributed by atoms with Crippen LogP contribution in [0.4, 0.5) is 0 Å². The SMILES string of the molecule is CCCC(=O)NC1=CCCC=C1. The second kappa shape index (κ2) is 4.75. The topological polar surface area (TPSA) is 29.1 Å². The van der Waals surface area contributed by atoms with Gasteiger partial charge < -0.3 is 5.32 Å². The van der Waals surface area contributed by atoms with Gasteiger partial charge in [0.2, 0.25) is 5.91 Å². The number of hydrogen-bond acceptors (Lipinski definition) is 1. The quantitative estimate of drug-likeness (QED) is 0.682. The van der Waals surface area contributed by atoms with Crippen LogP contribution >= 0.6 is 0 Å². The smallest absolute Gasteiger partial charge is 0.224 e. The molecule has 0 saturated heterocycles. The van der Waals surface area contributed by atoms with E-state index in [1.807, 2.05) is 13.0 Å². The zero-order chi connectivity index (χ0) is 8.81. The lowest BCUT2D eigenvalue weighted by atomic mass is 10.1. The molecular formula is C10H15NO. The number of rotatable bonds is 3. The molecule has 0 aromatic carbocycles. The van der Waals surface area contributed by atoms with Crippen LogP contribution in [0.3, 0.4) is 0 Å². The van der Waals surface area contributed by atoms with Crippen molar-refractivity contribution in [3.05, 3.63) is 23.9 Å². The number of hydrogen-bond donors (Lipinski definition) is 1. The monoisotopic (exact) mass is 165 g/mol. The molecule has 0 radical (unpaired) electrons. The van der Waals surface area contributed by atoms with Gasteiger partial charge in [-0.2, -0.15) is 0 Å². The van der Waals surface area contributed by atoms with Gasteiger partial charge in [-0.1, -0.05) is 19.1 Å². The highest BCUT2D eigenvalue weighted by Crippen LogP contribution is 2.06. The lowest BCUT2D eigenvalue weighted by Gasteiger charge is -2.07. The minimum atomic E-state index is 0.121. The molecule has 0 fully saturated rings. The second-order valence-electron chi connectivity index (χ2n) is 2.94. The molecule has 0 saturated carbocycles. The lowest BCUT2D eigenvalue weighted by Crippen LogP contribution is -2.21. The maximum absolute atomic E-state index is 11.1. The first-order valence-corrected chi connectivity index (χ1v) is 4.49. The van der Waals surface area contributed by atoms with E-state index >= 15 is 0 Å². The zero-order valence-corrected chi connectivity index (χ0v) is 7.47. The number of carbonyl (C=O) groups excluding carboxylic acids is 1. The molecule has 1 amide bonds. The summed E-state index contributed by atoms with van der Waals surface area (Å²) in [7, 11) is 0. The predicted molar refractivity (Wildman–Crippen MR) is 49.5 cm³/mol. The fourth-order valence-electron chi connectivity index (χ4n) is 1.16. The fraction of sp³-hybridized carbons (Fsp3) is 0.500. The molecule has 0 aromatic rings. The van der Waals surface area contributed by atoms with E-state index in [1.165, 1.54) is 0 Å². The number of nitrogens with one attached hydrogen (secondary N) is 1. The van der Waals surface area contributed by atoms with Gasteiger partial charge in [-0.3, -0.25) is 4.79 Å². The molecule has 0 atom stereocenters. The van der Waals surface area contributed by atoms with Crippen molar-refractivity contribution >= 4 is 5.91 Å². The molecule has 0 heterocycles. The second-order valence-corrected chi connectivity index (χ2v) is 2.94. The first kappa shape index (κ1) is 9.04. The Balaban J connectivity index is 2.35. The third kappa shape index (κ3) is 2.91. The van der Waals surface area contributed by atoms with Crippen molar-refractivity contribution in [3.8, 4) is 0 Å². The van der Waals surface area contributed by atoms with Crippen LogP contribution in [0, 0.1) is 0 Å². The maximum Gasteiger partial charge on any atom is 0.224 e. The number of amides is 1. The first-order valence-electron chi connectivity index (χ1n) is 4.49. The standard InChI is InChI=1S/C10H15NO/c1-2-6-10(12)11-9-7-4-3-5-8-9/h4,7-8H,2-3,5-6H2,1H3,(H,11,12). The average molecular weight is 165 g/mol. The summed E-state index contributed by atoms with van der Waals surface area (Å²) >= 11 is 0. The van der Waals surface area contributed by atoms with Crippen LogP contribution in [0.15, 0.2) is 23.9 Å². The summed E-state index contributed by atoms with van der Waals surface area (Å²) in [5.41, 5.74) is 0.958. The van der Waals surface area contributed by atoms with E-state index in [9.17, 15) is 4.79 Å². The van der Waals surface area contributed by atoms with Crippen LogP contribution in [0.1, 0.15) is 32.6 Å². The van der Waals surface area contributed by atoms with Gasteiger partial charge in [-0.25, -0.2) is 0 Å². The van der Waals surface area contributed by atoms with Crippen molar-refractivity contribution in [1.82, 2.24) is 5.32 Å². The Morgan fingerprint density at radius 3 is 3.00 bits per heavy atom. The molecule has 12 heavy (non-hydrogen) atoms. The van der Waals surface area contributed by atoms with E-state index in [4.69, 9.17) is 0 Å². The summed E-state index contributed by atoms with van der Waals surface area (Å²) < 4.78 is 0. The summed E-state index contributed by atoms with van der Waals surface area (Å²) in [4.78, 5) is 11.1. The van der Waals surface area contributed by atoms with E-state index < -0.39 is 0 Å². The van der Waals surface area contributed by atoms with Crippen molar-refractivity contribution in [2.45, 2.75) is 32.6 Å². The van der Waals surface area contributed by atoms with Crippen molar-refractivity contribution in [1.29, 1.82) is 0 Å². The highest BCUT2D eigenvalue weighted by molar-refractivity contribution is 5.78. The Morgan fingerprint density at radius 1 is 1.58 bits per heavy atom. The van der Waals surface area contributed by atoms with Gasteiger partial charge in [0.05, 0.1) is 0 Å². The third-order valence-electron chi connectivity index (χ3n) is 1.76. The molecule has 0 bridgehead atoms. The molecule has 0 aliphatic heterocycles. The van der Waals surface area contributed by atoms with E-state index in [0.717, 1.165) is 25.0 Å². The normalized spacial score (nSPS) is 15.6. The van der Waals surface area contributed by atoms with Crippen LogP contribution in [0.5, 0.6) is 0 Å². The zero-order valence-electron chi connectivity index (χ0n) is 7.47. The largest absolute Gasteiger partial charge is 0.326 e. The molecule has 0 aromatic heterocycles. The highest BCUT2D eigenvalue weighted by atomic mass is 16.1. The minimum Gasteiger partial charge on any atom is -0.326 e. The molecule has 2 nitrogen and oxygen atoms in total. The molecule has 1 aliphatic carbocycles. The van der Waals surface area contributed by atoms with E-state index in [-0.39, 0.29) is 5.91 Å². The molecule has 2 heteroatoms. The van der Waals surface area contributed by atoms with Crippen LogP contribution in [-0.2, 0) is 4.79 Å². The van der Waals surface area contributed by atoms with Crippen LogP contribution in [0.2, 0.25) is 0 Å². The van der Waals surface area contributed by atoms with Gasteiger partial charge in [0.15, 0.2) is 0 Å². The summed E-state index contributed by atoms with van der Waals surface area (Å²) in [5.74, 6) is 0.121. The Labute approximate surface area is 73.4 Å². The molecule has 0 unspecified atom stereocenters. The first-order chi connectivity index (χ1) is 5.83. The van der Waals surface area contributed by atoms with Crippen molar-refractivity contribution < 1.29 is 4.79 Å². The molecule has 0 spiro atoms. The summed E-state index contributed by atoms with van der Waals surface area (Å²) in [6, 6.07) is 0. The van der Waals surface area contributed by atoms with Gasteiger partial charge in [0.25, 0.3) is 0 Å². The Morgan fingerprint density at radius 2 is 2.42 bits per heavy atom. The molecule has 1 N–H and O–H groups in total. The van der Waals surface area contributed by atoms with E-state index in [1.54, 1.807) is 0 Å². The van der Waals surface area contributed by atoms with Crippen molar-refractivity contribution in [2.24, 2.45) is 0 Å². The maximum atomic E-state index is 11.1. The Bertz CT molecular complexity index is 216. The summed E-state index contributed by atoms with van der Waals surface area (Å²) in [6.07, 6.45) is 9.77. The summed E-state index contributed by atoms with van der Waals surface area (Å²) in [6.45, 7) is 2.00. The van der Waals surface area contributed by atoms with Crippen LogP contribution in [-0.4, -0.2) is 5.91 Å². The molecule has 1 rings (SSSR count). The Hall–Kier alpha value is -1.05. The van der Waals surface area contributed by atoms with Crippen LogP contribution < -0.4 is 5.32 Å². The number of allylic oxidation sites excluding steroid dienone is 3. The van der Waals surface area contributed by atoms with E-state index in [2.05, 4.69) is 17.5 Å². The van der Waals surface area contributed by atoms with Crippen LogP contribution in [0.25, 0.3) is 0 Å².